The molecule has 0 unspecified atom stereocenters. The van der Waals surface area contributed by atoms with Crippen LogP contribution in [0.3, 0.4) is 0 Å². The number of phosphoric acid groups is 2. The van der Waals surface area contributed by atoms with Crippen LogP contribution < -0.4 is 0 Å². The summed E-state index contributed by atoms with van der Waals surface area (Å²) >= 11 is 0. The predicted octanol–water partition coefficient (Wildman–Crippen LogP) is 0.232. The molecule has 0 bridgehead atoms. The van der Waals surface area contributed by atoms with Gasteiger partial charge in [0.1, 0.15) is 0 Å². The van der Waals surface area contributed by atoms with Crippen LogP contribution in [0.5, 0.6) is 0 Å². The number of phosphoric ester groups is 2. The number of hydrogen-bond donors (Lipinski definition) is 4. The van der Waals surface area contributed by atoms with Crippen molar-refractivity contribution >= 4 is 15.6 Å². The summed E-state index contributed by atoms with van der Waals surface area (Å²) in [6.45, 7) is 0. The second-order valence-corrected chi connectivity index (χ2v) is 4.23. The van der Waals surface area contributed by atoms with Gasteiger partial charge in [-0.2, -0.15) is 0 Å². The maximum absolute atomic E-state index is 10.1. The Kier molecular flexibility index (Phi) is 5.07. The Hall–Kier alpha value is -0.620. The van der Waals surface area contributed by atoms with Crippen LogP contribution in [-0.2, 0) is 18.2 Å². The van der Waals surface area contributed by atoms with Crippen LogP contribution >= 0.6 is 15.6 Å². The van der Waals surface area contributed by atoms with E-state index in [-0.39, 0.29) is 0 Å². The van der Waals surface area contributed by atoms with Gasteiger partial charge in [0.15, 0.2) is 0 Å². The number of rotatable bonds is 5. The second-order valence-electron chi connectivity index (χ2n) is 1.85. The van der Waals surface area contributed by atoms with Gasteiger partial charge in [0.2, 0.25) is 0 Å². The smallest absolute Gasteiger partial charge is 0.412 e. The van der Waals surface area contributed by atoms with Crippen molar-refractivity contribution in [2.75, 3.05) is 0 Å². The van der Waals surface area contributed by atoms with Gasteiger partial charge in [-0.1, -0.05) is 0 Å². The monoisotopic (exact) mass is 246 g/mol. The highest BCUT2D eigenvalue weighted by Gasteiger charge is 2.11. The highest BCUT2D eigenvalue weighted by atomic mass is 31.2. The molecule has 0 atom stereocenters. The number of hydrogen-bond acceptors (Lipinski definition) is 4. The predicted molar refractivity (Wildman–Crippen MR) is 44.5 cm³/mol. The van der Waals surface area contributed by atoms with Gasteiger partial charge in [-0.05, 0) is 12.2 Å². The largest absolute Gasteiger partial charge is 0.524 e. The average molecular weight is 246 g/mol. The molecule has 0 aliphatic carbocycles. The Morgan fingerprint density at radius 1 is 0.786 bits per heavy atom. The van der Waals surface area contributed by atoms with E-state index in [1.165, 1.54) is 0 Å². The molecule has 4 N–H and O–H groups in total. The molecule has 8 nitrogen and oxygen atoms in total. The fourth-order valence-electron chi connectivity index (χ4n) is 0.320. The van der Waals surface area contributed by atoms with E-state index >= 15 is 0 Å². The maximum atomic E-state index is 10.1. The van der Waals surface area contributed by atoms with Gasteiger partial charge in [0.05, 0.1) is 12.5 Å². The molecular formula is C4H8O8P2. The molecule has 0 radical (unpaired) electrons. The molecule has 82 valence electrons. The van der Waals surface area contributed by atoms with Gasteiger partial charge in [0.25, 0.3) is 0 Å². The van der Waals surface area contributed by atoms with Crippen molar-refractivity contribution < 1.29 is 37.8 Å². The standard InChI is InChI=1S/C4H8O8P2/c5-13(6,7)11-3-1-2-4-12-14(8,9)10/h1-4H,(H2,5,6,7)(H2,8,9,10)/b3-1+,4-2+. The van der Waals surface area contributed by atoms with E-state index in [2.05, 4.69) is 9.05 Å². The Bertz CT molecular complexity index is 275. The van der Waals surface area contributed by atoms with Gasteiger partial charge in [-0.3, -0.25) is 19.6 Å². The topological polar surface area (TPSA) is 134 Å². The molecule has 0 aromatic rings. The van der Waals surface area contributed by atoms with Crippen molar-refractivity contribution in [2.24, 2.45) is 0 Å². The van der Waals surface area contributed by atoms with Crippen LogP contribution in [0.4, 0.5) is 0 Å². The molecular weight excluding hydrogens is 238 g/mol. The zero-order chi connectivity index (χ0) is 11.2. The Morgan fingerprint density at radius 2 is 1.07 bits per heavy atom. The molecule has 0 spiro atoms. The average Bonchev–Trinajstić information content (AvgIpc) is 1.92. The molecule has 0 aromatic heterocycles. The first-order chi connectivity index (χ1) is 6.21. The molecule has 0 aliphatic heterocycles. The summed E-state index contributed by atoms with van der Waals surface area (Å²) in [4.78, 5) is 32.6. The van der Waals surface area contributed by atoms with Gasteiger partial charge < -0.3 is 9.05 Å². The molecule has 0 saturated heterocycles. The zero-order valence-corrected chi connectivity index (χ0v) is 8.41. The second kappa shape index (κ2) is 5.31. The molecule has 0 saturated carbocycles. The molecule has 0 heterocycles. The summed E-state index contributed by atoms with van der Waals surface area (Å²) in [7, 11) is -9.12. The molecule has 10 heteroatoms. The van der Waals surface area contributed by atoms with Crippen LogP contribution in [0.1, 0.15) is 0 Å². The first-order valence-corrected chi connectivity index (χ1v) is 6.06. The molecule has 0 aliphatic rings. The Balaban J connectivity index is 3.84. The summed E-state index contributed by atoms with van der Waals surface area (Å²) in [6, 6.07) is 0. The molecule has 0 aromatic carbocycles. The van der Waals surface area contributed by atoms with E-state index in [4.69, 9.17) is 19.6 Å². The normalized spacial score (nSPS) is 13.7. The van der Waals surface area contributed by atoms with Crippen molar-refractivity contribution in [3.63, 3.8) is 0 Å². The SMILES string of the molecule is O=P(O)(O)O/C=C/C=C/OP(=O)(O)O. The van der Waals surface area contributed by atoms with Crippen LogP contribution in [0, 0.1) is 0 Å². The van der Waals surface area contributed by atoms with Crippen LogP contribution in [0.15, 0.2) is 24.7 Å². The van der Waals surface area contributed by atoms with Crippen molar-refractivity contribution in [2.45, 2.75) is 0 Å². The van der Waals surface area contributed by atoms with E-state index in [0.717, 1.165) is 12.2 Å². The molecule has 0 amide bonds. The zero-order valence-electron chi connectivity index (χ0n) is 6.63. The summed E-state index contributed by atoms with van der Waals surface area (Å²) in [6.07, 6.45) is 3.27. The third-order valence-corrected chi connectivity index (χ3v) is 1.46. The summed E-state index contributed by atoms with van der Waals surface area (Å²) < 4.78 is 27.8. The van der Waals surface area contributed by atoms with E-state index in [1.807, 2.05) is 0 Å². The van der Waals surface area contributed by atoms with Crippen molar-refractivity contribution in [3.8, 4) is 0 Å². The van der Waals surface area contributed by atoms with Crippen LogP contribution in [0.2, 0.25) is 0 Å². The quantitative estimate of drug-likeness (QED) is 0.307. The van der Waals surface area contributed by atoms with Gasteiger partial charge in [0, 0.05) is 0 Å². The molecule has 0 fully saturated rings. The lowest BCUT2D eigenvalue weighted by atomic mass is 10.6. The van der Waals surface area contributed by atoms with Crippen molar-refractivity contribution in [3.05, 3.63) is 24.7 Å². The van der Waals surface area contributed by atoms with E-state index < -0.39 is 15.6 Å². The third-order valence-electron chi connectivity index (χ3n) is 0.665. The van der Waals surface area contributed by atoms with Gasteiger partial charge in [-0.25, -0.2) is 9.13 Å². The fraction of sp³-hybridized carbons (Fsp3) is 0. The molecule has 14 heavy (non-hydrogen) atoms. The summed E-state index contributed by atoms with van der Waals surface area (Å²) in [5.74, 6) is 0. The molecule has 0 rings (SSSR count). The highest BCUT2D eigenvalue weighted by Crippen LogP contribution is 2.36. The minimum atomic E-state index is -4.56. The highest BCUT2D eigenvalue weighted by molar-refractivity contribution is 7.46. The van der Waals surface area contributed by atoms with E-state index in [9.17, 15) is 9.13 Å². The van der Waals surface area contributed by atoms with Gasteiger partial charge >= 0.3 is 15.6 Å². The van der Waals surface area contributed by atoms with Crippen LogP contribution in [0.25, 0.3) is 0 Å². The van der Waals surface area contributed by atoms with Crippen LogP contribution in [-0.4, -0.2) is 19.6 Å². The minimum Gasteiger partial charge on any atom is -0.412 e. The number of allylic oxidation sites excluding steroid dienone is 2. The first kappa shape index (κ1) is 13.4. The lowest BCUT2D eigenvalue weighted by Gasteiger charge is -1.99. The minimum absolute atomic E-state index is 0.653. The summed E-state index contributed by atoms with van der Waals surface area (Å²) in [5, 5.41) is 0. The van der Waals surface area contributed by atoms with E-state index in [0.29, 0.717) is 12.5 Å². The Morgan fingerprint density at radius 3 is 1.29 bits per heavy atom. The maximum Gasteiger partial charge on any atom is 0.524 e. The summed E-state index contributed by atoms with van der Waals surface area (Å²) in [5.41, 5.74) is 0. The third kappa shape index (κ3) is 11.4. The fourth-order valence-corrected chi connectivity index (χ4v) is 0.777. The Labute approximate surface area is 79.0 Å². The lowest BCUT2D eigenvalue weighted by molar-refractivity contribution is 0.255. The van der Waals surface area contributed by atoms with Crippen molar-refractivity contribution in [1.29, 1.82) is 0 Å². The van der Waals surface area contributed by atoms with Gasteiger partial charge in [-0.15, -0.1) is 0 Å². The first-order valence-electron chi connectivity index (χ1n) is 3.00. The van der Waals surface area contributed by atoms with E-state index in [1.54, 1.807) is 0 Å². The van der Waals surface area contributed by atoms with Crippen molar-refractivity contribution in [1.82, 2.24) is 0 Å². The lowest BCUT2D eigenvalue weighted by Crippen LogP contribution is -1.78.